The van der Waals surface area contributed by atoms with Crippen molar-refractivity contribution in [2.45, 2.75) is 53.0 Å². The Balaban J connectivity index is 2.59. The van der Waals surface area contributed by atoms with Crippen LogP contribution in [0.15, 0.2) is 12.1 Å². The number of nitrogens with zero attached hydrogens (tertiary/aromatic N) is 2. The fourth-order valence-electron chi connectivity index (χ4n) is 4.46. The van der Waals surface area contributed by atoms with E-state index in [4.69, 9.17) is 16.3 Å². The van der Waals surface area contributed by atoms with Gasteiger partial charge in [-0.25, -0.2) is 9.59 Å². The fraction of sp³-hybridized carbons (Fsp3) is 0.619. The number of hydrogen-bond acceptors (Lipinski definition) is 4. The summed E-state index contributed by atoms with van der Waals surface area (Å²) in [6.45, 7) is 12.2. The van der Waals surface area contributed by atoms with Gasteiger partial charge in [0, 0.05) is 35.9 Å². The van der Waals surface area contributed by atoms with E-state index in [1.54, 1.807) is 6.07 Å². The van der Waals surface area contributed by atoms with Crippen molar-refractivity contribution in [2.24, 2.45) is 5.41 Å². The molecule has 7 heteroatoms. The number of piperidine rings is 1. The Hall–Kier alpha value is -1.95. The topological polar surface area (TPSA) is 70.1 Å². The minimum atomic E-state index is -0.877. The van der Waals surface area contributed by atoms with Crippen LogP contribution in [-0.2, 0) is 4.74 Å². The number of hydrogen-bond donors (Lipinski definition) is 1. The van der Waals surface area contributed by atoms with Crippen molar-refractivity contribution < 1.29 is 19.4 Å². The summed E-state index contributed by atoms with van der Waals surface area (Å²) < 4.78 is 4.93. The predicted octanol–water partition coefficient (Wildman–Crippen LogP) is 4.82. The van der Waals surface area contributed by atoms with E-state index in [2.05, 4.69) is 32.6 Å². The zero-order valence-corrected chi connectivity index (χ0v) is 18.4. The fourth-order valence-corrected chi connectivity index (χ4v) is 4.68. The van der Waals surface area contributed by atoms with Gasteiger partial charge in [0.1, 0.15) is 0 Å². The van der Waals surface area contributed by atoms with Crippen molar-refractivity contribution in [2.75, 3.05) is 31.6 Å². The summed E-state index contributed by atoms with van der Waals surface area (Å²) in [5, 5.41) is 9.85. The van der Waals surface area contributed by atoms with Crippen molar-refractivity contribution in [1.82, 2.24) is 4.90 Å². The molecule has 6 nitrogen and oxygen atoms in total. The van der Waals surface area contributed by atoms with Crippen molar-refractivity contribution in [3.8, 4) is 0 Å². The smallest absolute Gasteiger partial charge is 0.407 e. The highest BCUT2D eigenvalue weighted by atomic mass is 35.5. The molecule has 0 atom stereocenters. The zero-order valence-electron chi connectivity index (χ0n) is 17.6. The third-order valence-electron chi connectivity index (χ3n) is 6.13. The van der Waals surface area contributed by atoms with Gasteiger partial charge in [0.15, 0.2) is 0 Å². The summed E-state index contributed by atoms with van der Waals surface area (Å²) in [7, 11) is 1.36. The van der Waals surface area contributed by atoms with Gasteiger partial charge in [0.05, 0.1) is 12.7 Å². The third kappa shape index (κ3) is 3.93. The molecule has 0 spiro atoms. The summed E-state index contributed by atoms with van der Waals surface area (Å²) in [6.07, 6.45) is 0.532. The second-order valence-electron chi connectivity index (χ2n) is 8.38. The number of carbonyl (C=O) groups excluding carboxylic acids is 1. The second kappa shape index (κ2) is 8.19. The number of carbonyl (C=O) groups is 2. The number of likely N-dealkylation sites (tertiary alicyclic amines) is 1. The molecule has 0 aliphatic carbocycles. The van der Waals surface area contributed by atoms with Crippen molar-refractivity contribution in [3.05, 3.63) is 28.3 Å². The minimum absolute atomic E-state index is 0.117. The Morgan fingerprint density at radius 2 is 1.86 bits per heavy atom. The van der Waals surface area contributed by atoms with Crippen LogP contribution in [0.3, 0.4) is 0 Å². The lowest BCUT2D eigenvalue weighted by Crippen LogP contribution is -2.63. The van der Waals surface area contributed by atoms with Crippen LogP contribution in [0.2, 0.25) is 5.02 Å². The summed E-state index contributed by atoms with van der Waals surface area (Å²) in [4.78, 5) is 27.4. The van der Waals surface area contributed by atoms with Gasteiger partial charge in [-0.05, 0) is 49.8 Å². The Kier molecular flexibility index (Phi) is 6.54. The molecule has 156 valence electrons. The predicted molar refractivity (Wildman–Crippen MR) is 112 cm³/mol. The SMILES string of the molecule is CCN(c1cc(Cl)cc(C(=O)OC)c1C)C1(C(C)(C)C)CCN(C(=O)O)CC1. The maximum atomic E-state index is 12.2. The van der Waals surface area contributed by atoms with Gasteiger partial charge in [-0.3, -0.25) is 0 Å². The van der Waals surface area contributed by atoms with Crippen LogP contribution in [0.1, 0.15) is 56.5 Å². The van der Waals surface area contributed by atoms with Gasteiger partial charge in [-0.2, -0.15) is 0 Å². The number of benzene rings is 1. The first-order valence-corrected chi connectivity index (χ1v) is 10.00. The summed E-state index contributed by atoms with van der Waals surface area (Å²) in [6, 6.07) is 3.53. The number of rotatable bonds is 4. The van der Waals surface area contributed by atoms with E-state index in [1.165, 1.54) is 12.0 Å². The van der Waals surface area contributed by atoms with E-state index in [0.29, 0.717) is 43.1 Å². The van der Waals surface area contributed by atoms with Crippen LogP contribution in [0.4, 0.5) is 10.5 Å². The van der Waals surface area contributed by atoms with Crippen LogP contribution in [0.5, 0.6) is 0 Å². The summed E-state index contributed by atoms with van der Waals surface area (Å²) >= 11 is 6.37. The van der Waals surface area contributed by atoms with Gasteiger partial charge in [0.25, 0.3) is 0 Å². The molecular weight excluding hydrogens is 380 g/mol. The monoisotopic (exact) mass is 410 g/mol. The number of anilines is 1. The molecule has 0 bridgehead atoms. The standard InChI is InChI=1S/C21H31ClN2O4/c1-7-24(17-13-15(22)12-16(14(17)2)18(25)28-6)21(20(3,4)5)8-10-23(11-9-21)19(26)27/h12-13H,7-11H2,1-6H3,(H,26,27). The largest absolute Gasteiger partial charge is 0.465 e. The number of carboxylic acid groups (broad SMARTS) is 1. The molecule has 28 heavy (non-hydrogen) atoms. The van der Waals surface area contributed by atoms with E-state index < -0.39 is 12.1 Å². The average Bonchev–Trinajstić information content (AvgIpc) is 2.63. The normalized spacial score (nSPS) is 16.6. The van der Waals surface area contributed by atoms with E-state index in [1.807, 2.05) is 13.0 Å². The maximum Gasteiger partial charge on any atom is 0.407 e. The quantitative estimate of drug-likeness (QED) is 0.720. The highest BCUT2D eigenvalue weighted by Crippen LogP contribution is 2.47. The molecule has 0 radical (unpaired) electrons. The van der Waals surface area contributed by atoms with Crippen LogP contribution < -0.4 is 4.90 Å². The van der Waals surface area contributed by atoms with E-state index in [9.17, 15) is 14.7 Å². The molecule has 0 unspecified atom stereocenters. The molecular formula is C21H31ClN2O4. The molecule has 1 amide bonds. The van der Waals surface area contributed by atoms with E-state index in [0.717, 1.165) is 11.3 Å². The zero-order chi connectivity index (χ0) is 21.3. The first-order chi connectivity index (χ1) is 13.0. The molecule has 0 aromatic heterocycles. The molecule has 1 heterocycles. The molecule has 0 saturated carbocycles. The van der Waals surface area contributed by atoms with Crippen LogP contribution in [0.25, 0.3) is 0 Å². The van der Waals surface area contributed by atoms with Gasteiger partial charge in [-0.15, -0.1) is 0 Å². The number of esters is 1. The molecule has 2 rings (SSSR count). The lowest BCUT2D eigenvalue weighted by molar-refractivity contribution is 0.0598. The maximum absolute atomic E-state index is 12.2. The number of amides is 1. The Morgan fingerprint density at radius 3 is 2.29 bits per heavy atom. The second-order valence-corrected chi connectivity index (χ2v) is 8.82. The highest BCUT2D eigenvalue weighted by molar-refractivity contribution is 6.31. The molecule has 1 aromatic carbocycles. The van der Waals surface area contributed by atoms with Crippen LogP contribution in [-0.4, -0.2) is 54.4 Å². The van der Waals surface area contributed by atoms with Crippen molar-refractivity contribution >= 4 is 29.4 Å². The summed E-state index contributed by atoms with van der Waals surface area (Å²) in [5.74, 6) is -0.414. The highest BCUT2D eigenvalue weighted by Gasteiger charge is 2.49. The molecule has 1 saturated heterocycles. The average molecular weight is 411 g/mol. The molecule has 1 aromatic rings. The van der Waals surface area contributed by atoms with Crippen molar-refractivity contribution in [3.63, 3.8) is 0 Å². The minimum Gasteiger partial charge on any atom is -0.465 e. The number of methoxy groups -OCH3 is 1. The Morgan fingerprint density at radius 1 is 1.29 bits per heavy atom. The number of halogens is 1. The molecule has 1 N–H and O–H groups in total. The summed E-state index contributed by atoms with van der Waals surface area (Å²) in [5.41, 5.74) is 1.79. The third-order valence-corrected chi connectivity index (χ3v) is 6.35. The van der Waals surface area contributed by atoms with Gasteiger partial charge in [-0.1, -0.05) is 32.4 Å². The first kappa shape index (κ1) is 22.3. The van der Waals surface area contributed by atoms with Crippen molar-refractivity contribution in [1.29, 1.82) is 0 Å². The number of ether oxygens (including phenoxy) is 1. The van der Waals surface area contributed by atoms with Gasteiger partial charge in [0.2, 0.25) is 0 Å². The van der Waals surface area contributed by atoms with Crippen LogP contribution >= 0.6 is 11.6 Å². The molecule has 1 aliphatic rings. The van der Waals surface area contributed by atoms with E-state index in [-0.39, 0.29) is 11.0 Å². The lowest BCUT2D eigenvalue weighted by Gasteiger charge is -2.57. The van der Waals surface area contributed by atoms with Gasteiger partial charge >= 0.3 is 12.1 Å². The van der Waals surface area contributed by atoms with E-state index >= 15 is 0 Å². The van der Waals surface area contributed by atoms with Crippen LogP contribution in [0, 0.1) is 12.3 Å². The molecule has 1 aliphatic heterocycles. The first-order valence-electron chi connectivity index (χ1n) is 9.62. The Bertz CT molecular complexity index is 750. The molecule has 1 fully saturated rings. The Labute approximate surface area is 172 Å². The lowest BCUT2D eigenvalue weighted by atomic mass is 9.66. The van der Waals surface area contributed by atoms with Gasteiger partial charge < -0.3 is 19.6 Å².